The zero-order valence-electron chi connectivity index (χ0n) is 10.8. The van der Waals surface area contributed by atoms with Crippen molar-refractivity contribution in [3.8, 4) is 0 Å². The van der Waals surface area contributed by atoms with E-state index >= 15 is 0 Å². The molecule has 0 aromatic heterocycles. The van der Waals surface area contributed by atoms with Gasteiger partial charge >= 0.3 is 103 Å². The molecule has 0 aromatic carbocycles. The van der Waals surface area contributed by atoms with Gasteiger partial charge in [0.2, 0.25) is 0 Å². The van der Waals surface area contributed by atoms with Crippen LogP contribution in [0.25, 0.3) is 0 Å². The monoisotopic (exact) mass is 278 g/mol. The van der Waals surface area contributed by atoms with Gasteiger partial charge in [0.05, 0.1) is 17.4 Å². The maximum atomic E-state index is 10.9. The van der Waals surface area contributed by atoms with E-state index in [4.69, 9.17) is 0 Å². The van der Waals surface area contributed by atoms with Gasteiger partial charge < -0.3 is 19.8 Å². The predicted octanol–water partition coefficient (Wildman–Crippen LogP) is -6.67. The molecule has 16 heavy (non-hydrogen) atoms. The van der Waals surface area contributed by atoms with Crippen molar-refractivity contribution in [2.75, 3.05) is 0 Å². The van der Waals surface area contributed by atoms with Crippen molar-refractivity contribution in [2.24, 2.45) is 11.3 Å². The van der Waals surface area contributed by atoms with Gasteiger partial charge in [-0.1, -0.05) is 33.6 Å². The van der Waals surface area contributed by atoms with Crippen molar-refractivity contribution in [1.82, 2.24) is 0 Å². The molecule has 0 aliphatic heterocycles. The number of aliphatic carboxylic acids is 2. The van der Waals surface area contributed by atoms with Crippen LogP contribution in [-0.2, 0) is 9.59 Å². The van der Waals surface area contributed by atoms with Crippen LogP contribution in [0.15, 0.2) is 0 Å². The Kier molecular flexibility index (Phi) is 16.1. The molecule has 4 nitrogen and oxygen atoms in total. The zero-order valence-corrected chi connectivity index (χ0v) is 17.1. The Balaban J connectivity index is -0.000000845. The average Bonchev–Trinajstić information content (AvgIpc) is 2.03. The molecule has 82 valence electrons. The van der Waals surface area contributed by atoms with E-state index in [1.165, 1.54) is 0 Å². The topological polar surface area (TPSA) is 80.3 Å². The second-order valence-corrected chi connectivity index (χ2v) is 3.80. The molecule has 0 fully saturated rings. The molecule has 0 aliphatic carbocycles. The summed E-state index contributed by atoms with van der Waals surface area (Å²) in [7, 11) is 0. The molecule has 0 rings (SSSR count). The van der Waals surface area contributed by atoms with Gasteiger partial charge in [-0.15, -0.1) is 0 Å². The Labute approximate surface area is 182 Å². The van der Waals surface area contributed by atoms with Crippen LogP contribution in [0.5, 0.6) is 0 Å². The van der Waals surface area contributed by atoms with E-state index < -0.39 is 23.3 Å². The van der Waals surface area contributed by atoms with Crippen LogP contribution in [-0.4, -0.2) is 11.9 Å². The second kappa shape index (κ2) is 11.1. The van der Waals surface area contributed by atoms with E-state index in [0.29, 0.717) is 6.42 Å². The first-order valence-electron chi connectivity index (χ1n) is 4.82. The van der Waals surface area contributed by atoms with Crippen molar-refractivity contribution in [2.45, 2.75) is 40.0 Å². The normalized spacial score (nSPS) is 10.2. The summed E-state index contributed by atoms with van der Waals surface area (Å²) in [6, 6.07) is 0. The van der Waals surface area contributed by atoms with Crippen LogP contribution in [0.1, 0.15) is 40.0 Å². The number of carboxylic acid groups (broad SMARTS) is 2. The predicted molar refractivity (Wildman–Crippen MR) is 46.8 cm³/mol. The van der Waals surface area contributed by atoms with Crippen molar-refractivity contribution < 1.29 is 123 Å². The quantitative estimate of drug-likeness (QED) is 0.357. The molecule has 0 saturated heterocycles. The van der Waals surface area contributed by atoms with Gasteiger partial charge in [0.1, 0.15) is 0 Å². The van der Waals surface area contributed by atoms with Gasteiger partial charge in [0.15, 0.2) is 0 Å². The summed E-state index contributed by atoms with van der Waals surface area (Å²) < 4.78 is 0. The first kappa shape index (κ1) is 23.3. The van der Waals surface area contributed by atoms with Crippen molar-refractivity contribution in [1.29, 1.82) is 0 Å². The van der Waals surface area contributed by atoms with Crippen LogP contribution in [0.2, 0.25) is 0 Å². The van der Waals surface area contributed by atoms with Crippen molar-refractivity contribution in [3.63, 3.8) is 0 Å². The molecule has 0 radical (unpaired) electrons. The fraction of sp³-hybridized carbons (Fsp3) is 0.800. The zero-order chi connectivity index (χ0) is 11.4. The van der Waals surface area contributed by atoms with Gasteiger partial charge in [0.25, 0.3) is 0 Å². The molecular formula is C10H16K2O4. The van der Waals surface area contributed by atoms with Crippen molar-refractivity contribution in [3.05, 3.63) is 0 Å². The molecule has 0 amide bonds. The van der Waals surface area contributed by atoms with Gasteiger partial charge in [-0.25, -0.2) is 0 Å². The molecule has 0 saturated carbocycles. The molecular weight excluding hydrogens is 262 g/mol. The Hall–Kier alpha value is 2.21. The number of carbonyl (C=O) groups excluding carboxylic acids is 2. The first-order chi connectivity index (χ1) is 6.39. The molecule has 0 aromatic rings. The van der Waals surface area contributed by atoms with Crippen LogP contribution < -0.4 is 113 Å². The Morgan fingerprint density at radius 2 is 1.50 bits per heavy atom. The number of hydrogen-bond donors (Lipinski definition) is 0. The van der Waals surface area contributed by atoms with E-state index in [0.717, 1.165) is 6.42 Å². The van der Waals surface area contributed by atoms with Gasteiger partial charge in [-0.2, -0.15) is 0 Å². The maximum Gasteiger partial charge on any atom is 1.00 e. The van der Waals surface area contributed by atoms with Crippen LogP contribution in [0.4, 0.5) is 0 Å². The third-order valence-electron chi connectivity index (χ3n) is 2.64. The molecule has 0 unspecified atom stereocenters. The largest absolute Gasteiger partial charge is 1.00 e. The molecule has 6 heteroatoms. The standard InChI is InChI=1S/C10H18O4.2K/c1-4-5-6-10(7(2)3,8(11)12)9(13)14;;/h7H,4-6H2,1-3H3,(H,11,12)(H,13,14);;/q;2*+1/p-2. The van der Waals surface area contributed by atoms with Gasteiger partial charge in [0, 0.05) is 0 Å². The minimum Gasteiger partial charge on any atom is -0.549 e. The van der Waals surface area contributed by atoms with E-state index in [1.54, 1.807) is 13.8 Å². The summed E-state index contributed by atoms with van der Waals surface area (Å²) in [5.41, 5.74) is -1.84. The number of unbranched alkanes of at least 4 members (excludes halogenated alkanes) is 1. The van der Waals surface area contributed by atoms with Crippen LogP contribution in [0.3, 0.4) is 0 Å². The first-order valence-corrected chi connectivity index (χ1v) is 4.82. The minimum absolute atomic E-state index is 0. The molecule has 0 bridgehead atoms. The summed E-state index contributed by atoms with van der Waals surface area (Å²) in [6.45, 7) is 4.98. The van der Waals surface area contributed by atoms with E-state index in [2.05, 4.69) is 0 Å². The number of hydrogen-bond acceptors (Lipinski definition) is 4. The number of rotatable bonds is 6. The fourth-order valence-electron chi connectivity index (χ4n) is 1.50. The van der Waals surface area contributed by atoms with Crippen LogP contribution in [0, 0.1) is 11.3 Å². The third-order valence-corrected chi connectivity index (χ3v) is 2.64. The Bertz CT molecular complexity index is 215. The molecule has 0 heterocycles. The summed E-state index contributed by atoms with van der Waals surface area (Å²) >= 11 is 0. The molecule has 0 aliphatic rings. The fourth-order valence-corrected chi connectivity index (χ4v) is 1.50. The summed E-state index contributed by atoms with van der Waals surface area (Å²) in [5.74, 6) is -3.61. The maximum absolute atomic E-state index is 10.9. The van der Waals surface area contributed by atoms with Crippen LogP contribution >= 0.6 is 0 Å². The Morgan fingerprint density at radius 1 is 1.12 bits per heavy atom. The molecule has 0 N–H and O–H groups in total. The summed E-state index contributed by atoms with van der Waals surface area (Å²) in [5, 5.41) is 21.8. The molecule has 0 atom stereocenters. The molecule has 0 spiro atoms. The SMILES string of the molecule is CCCCC(C(=O)[O-])(C(=O)[O-])C(C)C.[K+].[K+]. The van der Waals surface area contributed by atoms with Crippen molar-refractivity contribution >= 4 is 11.9 Å². The van der Waals surface area contributed by atoms with E-state index in [1.807, 2.05) is 6.92 Å². The average molecular weight is 278 g/mol. The third kappa shape index (κ3) is 5.90. The Morgan fingerprint density at radius 3 is 1.69 bits per heavy atom. The minimum atomic E-state index is -1.84. The second-order valence-electron chi connectivity index (χ2n) is 3.80. The smallest absolute Gasteiger partial charge is 0.549 e. The summed E-state index contributed by atoms with van der Waals surface area (Å²) in [6.07, 6.45) is 1.36. The number of carboxylic acids is 2. The van der Waals surface area contributed by atoms with Gasteiger partial charge in [-0.05, 0) is 12.3 Å². The number of carbonyl (C=O) groups is 2. The van der Waals surface area contributed by atoms with E-state index in [9.17, 15) is 19.8 Å². The van der Waals surface area contributed by atoms with Gasteiger partial charge in [-0.3, -0.25) is 0 Å². The summed E-state index contributed by atoms with van der Waals surface area (Å²) in [4.78, 5) is 21.8. The van der Waals surface area contributed by atoms with E-state index in [-0.39, 0.29) is 109 Å².